The average molecular weight is 218 g/mol. The highest BCUT2D eigenvalue weighted by Gasteiger charge is 1.62. The number of carbonyl (C=O) groups excluding carboxylic acids is 1. The van der Waals surface area contributed by atoms with Gasteiger partial charge in [0, 0.05) is 35.5 Å². The van der Waals surface area contributed by atoms with Crippen molar-refractivity contribution in [2.24, 2.45) is 0 Å². The van der Waals surface area contributed by atoms with Gasteiger partial charge < -0.3 is 30.3 Å². The minimum Gasteiger partial charge on any atom is -0.400 e. The van der Waals surface area contributed by atoms with Gasteiger partial charge in [0.05, 0.1) is 0 Å². The first-order valence-electron chi connectivity index (χ1n) is 3.44. The lowest BCUT2D eigenvalue weighted by molar-refractivity contribution is -0.114. The van der Waals surface area contributed by atoms with E-state index in [1.807, 2.05) is 0 Å². The Morgan fingerprint density at radius 2 is 0.571 bits per heavy atom. The maximum Gasteiger partial charge on any atom is 0.126 e. The number of ketones is 1. The molecule has 5 N–H and O–H groups in total. The van der Waals surface area contributed by atoms with Gasteiger partial charge in [-0.15, -0.1) is 0 Å². The molecule has 0 radical (unpaired) electrons. The molecule has 0 aromatic carbocycles. The van der Waals surface area contributed by atoms with Crippen molar-refractivity contribution in [3.05, 3.63) is 0 Å². The normalized spacial score (nSPS) is 4.00. The van der Waals surface area contributed by atoms with Crippen LogP contribution in [0.2, 0.25) is 0 Å². The summed E-state index contributed by atoms with van der Waals surface area (Å²) < 4.78 is 0. The lowest BCUT2D eigenvalue weighted by atomic mass is 10.6. The fraction of sp³-hybridized carbons (Fsp3) is 0.875. The summed E-state index contributed by atoms with van der Waals surface area (Å²) in [5.74, 6) is 0.167. The summed E-state index contributed by atoms with van der Waals surface area (Å²) in [5, 5.41) is 35.0. The predicted octanol–water partition coefficient (Wildman–Crippen LogP) is -1.36. The number of hydrogen-bond acceptors (Lipinski definition) is 6. The van der Waals surface area contributed by atoms with Crippen molar-refractivity contribution in [3.8, 4) is 0 Å². The van der Waals surface area contributed by atoms with E-state index in [4.69, 9.17) is 25.5 Å². The van der Waals surface area contributed by atoms with Gasteiger partial charge in [0.2, 0.25) is 0 Å². The molecule has 0 saturated heterocycles. The van der Waals surface area contributed by atoms with E-state index in [-0.39, 0.29) is 5.78 Å². The molecule has 6 nitrogen and oxygen atoms in total. The number of Topliss-reactive ketones (excluding diaryl/α,β-unsaturated/α-hetero) is 1. The molecule has 0 fully saturated rings. The summed E-state index contributed by atoms with van der Waals surface area (Å²) in [7, 11) is 5.00. The fourth-order valence-electron chi connectivity index (χ4n) is 0. The Bertz CT molecular complexity index is 36.8. The minimum absolute atomic E-state index is 0.167. The van der Waals surface area contributed by atoms with Gasteiger partial charge in [0.1, 0.15) is 5.78 Å². The van der Waals surface area contributed by atoms with E-state index in [2.05, 4.69) is 0 Å². The molecular formula is C8H26O6. The second-order valence-corrected chi connectivity index (χ2v) is 0.908. The average Bonchev–Trinajstić information content (AvgIpc) is 2.30. The quantitative estimate of drug-likeness (QED) is 0.342. The first-order valence-corrected chi connectivity index (χ1v) is 3.44. The molecule has 0 heterocycles. The Morgan fingerprint density at radius 1 is 0.571 bits per heavy atom. The van der Waals surface area contributed by atoms with Gasteiger partial charge in [-0.25, -0.2) is 0 Å². The predicted molar refractivity (Wildman–Crippen MR) is 57.1 cm³/mol. The first-order chi connectivity index (χ1) is 6.73. The highest BCUT2D eigenvalue weighted by molar-refractivity contribution is 5.72. The Labute approximate surface area is 86.5 Å². The molecule has 0 aromatic heterocycles. The van der Waals surface area contributed by atoms with Crippen LogP contribution in [0.25, 0.3) is 0 Å². The van der Waals surface area contributed by atoms with E-state index in [1.54, 1.807) is 0 Å². The minimum atomic E-state index is 0.167. The summed E-state index contributed by atoms with van der Waals surface area (Å²) in [5.41, 5.74) is 0. The van der Waals surface area contributed by atoms with Gasteiger partial charge in [-0.1, -0.05) is 0 Å². The topological polar surface area (TPSA) is 118 Å². The third-order valence-electron chi connectivity index (χ3n) is 0. The van der Waals surface area contributed by atoms with Crippen LogP contribution in [-0.4, -0.2) is 66.9 Å². The highest BCUT2D eigenvalue weighted by Crippen LogP contribution is 1.50. The maximum absolute atomic E-state index is 9.44. The van der Waals surface area contributed by atoms with E-state index in [1.165, 1.54) is 13.8 Å². The molecule has 0 aliphatic carbocycles. The smallest absolute Gasteiger partial charge is 0.126 e. The molecule has 0 amide bonds. The molecule has 6 heteroatoms. The number of aliphatic hydroxyl groups is 5. The van der Waals surface area contributed by atoms with Gasteiger partial charge in [-0.2, -0.15) is 0 Å². The monoisotopic (exact) mass is 218 g/mol. The standard InChI is InChI=1S/C3H6O.5CH4O/c1-3(2)4;5*1-2/h1-2H3;5*2H,1H3. The first kappa shape index (κ1) is 37.5. The van der Waals surface area contributed by atoms with Crippen molar-refractivity contribution >= 4 is 5.78 Å². The maximum atomic E-state index is 9.44. The largest absolute Gasteiger partial charge is 0.400 e. The highest BCUT2D eigenvalue weighted by atomic mass is 16.2. The molecule has 0 unspecified atom stereocenters. The van der Waals surface area contributed by atoms with Crippen molar-refractivity contribution in [3.63, 3.8) is 0 Å². The Morgan fingerprint density at radius 3 is 0.571 bits per heavy atom. The zero-order valence-electron chi connectivity index (χ0n) is 10.1. The zero-order valence-corrected chi connectivity index (χ0v) is 10.1. The summed E-state index contributed by atoms with van der Waals surface area (Å²) >= 11 is 0. The van der Waals surface area contributed by atoms with E-state index >= 15 is 0 Å². The van der Waals surface area contributed by atoms with Gasteiger partial charge in [0.15, 0.2) is 0 Å². The summed E-state index contributed by atoms with van der Waals surface area (Å²) in [6.45, 7) is 3.06. The second kappa shape index (κ2) is 269. The molecule has 94 valence electrons. The van der Waals surface area contributed by atoms with E-state index in [0.717, 1.165) is 35.5 Å². The van der Waals surface area contributed by atoms with Crippen LogP contribution in [0.1, 0.15) is 13.8 Å². The molecule has 0 spiro atoms. The van der Waals surface area contributed by atoms with E-state index < -0.39 is 0 Å². The van der Waals surface area contributed by atoms with Crippen LogP contribution in [0.4, 0.5) is 0 Å². The molecule has 0 aliphatic rings. The van der Waals surface area contributed by atoms with Gasteiger partial charge in [0.25, 0.3) is 0 Å². The van der Waals surface area contributed by atoms with Crippen LogP contribution in [0.3, 0.4) is 0 Å². The van der Waals surface area contributed by atoms with Crippen molar-refractivity contribution in [1.82, 2.24) is 0 Å². The van der Waals surface area contributed by atoms with Crippen LogP contribution in [-0.2, 0) is 4.79 Å². The van der Waals surface area contributed by atoms with Crippen LogP contribution >= 0.6 is 0 Å². The van der Waals surface area contributed by atoms with Crippen LogP contribution in [0.5, 0.6) is 0 Å². The second-order valence-electron chi connectivity index (χ2n) is 0.908. The molecule has 0 atom stereocenters. The van der Waals surface area contributed by atoms with Crippen molar-refractivity contribution in [1.29, 1.82) is 0 Å². The lowest BCUT2D eigenvalue weighted by Gasteiger charge is -1.56. The van der Waals surface area contributed by atoms with Crippen molar-refractivity contribution in [2.45, 2.75) is 13.8 Å². The van der Waals surface area contributed by atoms with Gasteiger partial charge in [-0.05, 0) is 13.8 Å². The Balaban J connectivity index is -0.0000000143. The molecule has 0 rings (SSSR count). The molecular weight excluding hydrogens is 192 g/mol. The van der Waals surface area contributed by atoms with Crippen molar-refractivity contribution < 1.29 is 30.3 Å². The zero-order chi connectivity index (χ0) is 13.6. The summed E-state index contributed by atoms with van der Waals surface area (Å²) in [6, 6.07) is 0. The molecule has 0 aliphatic heterocycles. The Kier molecular flexibility index (Phi) is 721. The molecule has 0 saturated carbocycles. The van der Waals surface area contributed by atoms with Crippen LogP contribution < -0.4 is 0 Å². The summed E-state index contributed by atoms with van der Waals surface area (Å²) in [6.07, 6.45) is 0. The summed E-state index contributed by atoms with van der Waals surface area (Å²) in [4.78, 5) is 9.44. The fourth-order valence-corrected chi connectivity index (χ4v) is 0. The van der Waals surface area contributed by atoms with Gasteiger partial charge in [-0.3, -0.25) is 0 Å². The van der Waals surface area contributed by atoms with Crippen molar-refractivity contribution in [2.75, 3.05) is 35.5 Å². The van der Waals surface area contributed by atoms with Crippen LogP contribution in [0.15, 0.2) is 0 Å². The molecule has 0 bridgehead atoms. The molecule has 14 heavy (non-hydrogen) atoms. The Hall–Kier alpha value is -0.530. The SMILES string of the molecule is CC(C)=O.CO.CO.CO.CO.CO. The van der Waals surface area contributed by atoms with E-state index in [9.17, 15) is 4.79 Å². The third kappa shape index (κ3) is 4480. The lowest BCUT2D eigenvalue weighted by Crippen LogP contribution is -1.69. The number of aliphatic hydroxyl groups excluding tert-OH is 5. The van der Waals surface area contributed by atoms with Crippen LogP contribution in [0, 0.1) is 0 Å². The number of rotatable bonds is 0. The van der Waals surface area contributed by atoms with E-state index in [0.29, 0.717) is 0 Å². The number of hydrogen-bond donors (Lipinski definition) is 5. The third-order valence-corrected chi connectivity index (χ3v) is 0. The number of carbonyl (C=O) groups is 1. The van der Waals surface area contributed by atoms with Gasteiger partial charge >= 0.3 is 0 Å². The molecule has 0 aromatic rings.